The number of hydrogen-bond donors (Lipinski definition) is 2. The first kappa shape index (κ1) is 13.5. The van der Waals surface area contributed by atoms with E-state index in [9.17, 15) is 9.90 Å². The maximum absolute atomic E-state index is 12.1. The molecular formula is C17H17NO3. The minimum absolute atomic E-state index is 0.120. The van der Waals surface area contributed by atoms with Crippen LogP contribution in [0.5, 0.6) is 11.5 Å². The largest absolute Gasteiger partial charge is 0.508 e. The van der Waals surface area contributed by atoms with E-state index in [1.165, 1.54) is 23.3 Å². The van der Waals surface area contributed by atoms with E-state index in [1.807, 2.05) is 19.1 Å². The molecule has 1 heterocycles. The Hall–Kier alpha value is -2.49. The number of aromatic hydroxyl groups is 1. The Labute approximate surface area is 123 Å². The van der Waals surface area contributed by atoms with E-state index in [1.54, 1.807) is 6.07 Å². The standard InChI is InChI=1S/C17H17NO3/c1-10-3-4-12(7-11(10)2)8-16-17(20)18-14-6-5-13(19)9-15(14)21-16/h3-7,9,16,19H,8H2,1-2H3,(H,18,20). The molecule has 0 spiro atoms. The zero-order valence-electron chi connectivity index (χ0n) is 12.0. The van der Waals surface area contributed by atoms with Crippen molar-refractivity contribution >= 4 is 11.6 Å². The highest BCUT2D eigenvalue weighted by Crippen LogP contribution is 2.33. The van der Waals surface area contributed by atoms with Gasteiger partial charge in [0.05, 0.1) is 5.69 Å². The molecule has 0 radical (unpaired) electrons. The van der Waals surface area contributed by atoms with Crippen molar-refractivity contribution in [1.82, 2.24) is 0 Å². The molecule has 2 aromatic rings. The summed E-state index contributed by atoms with van der Waals surface area (Å²) in [6.45, 7) is 4.11. The maximum Gasteiger partial charge on any atom is 0.265 e. The third kappa shape index (κ3) is 2.70. The van der Waals surface area contributed by atoms with Gasteiger partial charge in [-0.05, 0) is 42.7 Å². The number of anilines is 1. The number of amides is 1. The molecule has 1 atom stereocenters. The highest BCUT2D eigenvalue weighted by atomic mass is 16.5. The molecule has 0 aromatic heterocycles. The number of hydrogen-bond acceptors (Lipinski definition) is 3. The molecular weight excluding hydrogens is 266 g/mol. The van der Waals surface area contributed by atoms with Crippen molar-refractivity contribution < 1.29 is 14.6 Å². The van der Waals surface area contributed by atoms with Crippen molar-refractivity contribution in [2.24, 2.45) is 0 Å². The van der Waals surface area contributed by atoms with E-state index in [0.717, 1.165) is 5.56 Å². The smallest absolute Gasteiger partial charge is 0.265 e. The molecule has 0 saturated carbocycles. The van der Waals surface area contributed by atoms with Crippen LogP contribution in [0.25, 0.3) is 0 Å². The molecule has 1 aliphatic rings. The lowest BCUT2D eigenvalue weighted by Gasteiger charge is -2.26. The van der Waals surface area contributed by atoms with Gasteiger partial charge in [-0.25, -0.2) is 0 Å². The van der Waals surface area contributed by atoms with Gasteiger partial charge in [0.2, 0.25) is 0 Å². The Balaban J connectivity index is 1.83. The molecule has 2 aromatic carbocycles. The molecule has 21 heavy (non-hydrogen) atoms. The molecule has 1 aliphatic heterocycles. The van der Waals surface area contributed by atoms with Crippen molar-refractivity contribution in [1.29, 1.82) is 0 Å². The van der Waals surface area contributed by atoms with Crippen LogP contribution in [0.3, 0.4) is 0 Å². The molecule has 1 amide bonds. The lowest BCUT2D eigenvalue weighted by atomic mass is 10.0. The lowest BCUT2D eigenvalue weighted by molar-refractivity contribution is -0.123. The van der Waals surface area contributed by atoms with Gasteiger partial charge < -0.3 is 15.2 Å². The van der Waals surface area contributed by atoms with Gasteiger partial charge in [0, 0.05) is 12.5 Å². The van der Waals surface area contributed by atoms with Gasteiger partial charge in [0.1, 0.15) is 11.5 Å². The number of carbonyl (C=O) groups is 1. The maximum atomic E-state index is 12.1. The van der Waals surface area contributed by atoms with E-state index in [0.29, 0.717) is 17.9 Å². The Morgan fingerprint density at radius 1 is 1.14 bits per heavy atom. The van der Waals surface area contributed by atoms with Gasteiger partial charge in [-0.3, -0.25) is 4.79 Å². The number of nitrogens with one attached hydrogen (secondary N) is 1. The zero-order chi connectivity index (χ0) is 15.0. The Morgan fingerprint density at radius 2 is 1.95 bits per heavy atom. The lowest BCUT2D eigenvalue weighted by Crippen LogP contribution is -2.38. The average Bonchev–Trinajstić information content (AvgIpc) is 2.44. The first-order chi connectivity index (χ1) is 10.0. The zero-order valence-corrected chi connectivity index (χ0v) is 12.0. The van der Waals surface area contributed by atoms with Crippen molar-refractivity contribution in [2.45, 2.75) is 26.4 Å². The molecule has 4 heteroatoms. The summed E-state index contributed by atoms with van der Waals surface area (Å²) >= 11 is 0. The van der Waals surface area contributed by atoms with Gasteiger partial charge in [0.15, 0.2) is 6.10 Å². The second kappa shape index (κ2) is 5.13. The van der Waals surface area contributed by atoms with Crippen LogP contribution in [0.4, 0.5) is 5.69 Å². The minimum atomic E-state index is -0.582. The van der Waals surface area contributed by atoms with Crippen LogP contribution < -0.4 is 10.1 Å². The van der Waals surface area contributed by atoms with Gasteiger partial charge in [-0.1, -0.05) is 18.2 Å². The van der Waals surface area contributed by atoms with Crippen LogP contribution in [0.15, 0.2) is 36.4 Å². The van der Waals surface area contributed by atoms with E-state index < -0.39 is 6.10 Å². The molecule has 0 saturated heterocycles. The molecule has 2 N–H and O–H groups in total. The number of phenols is 1. The Morgan fingerprint density at radius 3 is 2.71 bits per heavy atom. The highest BCUT2D eigenvalue weighted by Gasteiger charge is 2.28. The van der Waals surface area contributed by atoms with E-state index in [2.05, 4.69) is 18.3 Å². The van der Waals surface area contributed by atoms with Crippen LogP contribution >= 0.6 is 0 Å². The summed E-state index contributed by atoms with van der Waals surface area (Å²) in [6.07, 6.45) is -0.0800. The fourth-order valence-corrected chi connectivity index (χ4v) is 2.41. The Kier molecular flexibility index (Phi) is 3.29. The van der Waals surface area contributed by atoms with Gasteiger partial charge in [0.25, 0.3) is 5.91 Å². The average molecular weight is 283 g/mol. The van der Waals surface area contributed by atoms with Gasteiger partial charge in [-0.2, -0.15) is 0 Å². The monoisotopic (exact) mass is 283 g/mol. The Bertz CT molecular complexity index is 709. The predicted octanol–water partition coefficient (Wildman–Crippen LogP) is 2.95. The molecule has 0 fully saturated rings. The summed E-state index contributed by atoms with van der Waals surface area (Å²) in [4.78, 5) is 12.1. The van der Waals surface area contributed by atoms with E-state index in [4.69, 9.17) is 4.74 Å². The van der Waals surface area contributed by atoms with Gasteiger partial charge in [-0.15, -0.1) is 0 Å². The van der Waals surface area contributed by atoms with Crippen LogP contribution in [-0.4, -0.2) is 17.1 Å². The van der Waals surface area contributed by atoms with Crippen LogP contribution in [-0.2, 0) is 11.2 Å². The van der Waals surface area contributed by atoms with Crippen LogP contribution in [0, 0.1) is 13.8 Å². The van der Waals surface area contributed by atoms with Crippen molar-refractivity contribution in [3.8, 4) is 11.5 Å². The van der Waals surface area contributed by atoms with Crippen molar-refractivity contribution in [3.63, 3.8) is 0 Å². The topological polar surface area (TPSA) is 58.6 Å². The predicted molar refractivity (Wildman–Crippen MR) is 80.8 cm³/mol. The molecule has 4 nitrogen and oxygen atoms in total. The first-order valence-electron chi connectivity index (χ1n) is 6.89. The second-order valence-electron chi connectivity index (χ2n) is 5.40. The number of fused-ring (bicyclic) bond motifs is 1. The second-order valence-corrected chi connectivity index (χ2v) is 5.40. The molecule has 1 unspecified atom stereocenters. The SMILES string of the molecule is Cc1ccc(CC2Oc3cc(O)ccc3NC2=O)cc1C. The number of rotatable bonds is 2. The summed E-state index contributed by atoms with van der Waals surface area (Å²) in [7, 11) is 0. The quantitative estimate of drug-likeness (QED) is 0.833. The van der Waals surface area contributed by atoms with E-state index >= 15 is 0 Å². The summed E-state index contributed by atoms with van der Waals surface area (Å²) in [5.74, 6) is 0.463. The van der Waals surface area contributed by atoms with E-state index in [-0.39, 0.29) is 11.7 Å². The number of carbonyl (C=O) groups excluding carboxylic acids is 1. The number of aryl methyl sites for hydroxylation is 2. The first-order valence-corrected chi connectivity index (χ1v) is 6.89. The van der Waals surface area contributed by atoms with Crippen molar-refractivity contribution in [3.05, 3.63) is 53.1 Å². The minimum Gasteiger partial charge on any atom is -0.508 e. The molecule has 3 rings (SSSR count). The summed E-state index contributed by atoms with van der Waals surface area (Å²) in [6, 6.07) is 10.8. The third-order valence-electron chi connectivity index (χ3n) is 3.78. The summed E-state index contributed by atoms with van der Waals surface area (Å²) < 4.78 is 5.73. The highest BCUT2D eigenvalue weighted by molar-refractivity contribution is 5.98. The summed E-state index contributed by atoms with van der Waals surface area (Å²) in [5.41, 5.74) is 4.07. The molecule has 0 aliphatic carbocycles. The third-order valence-corrected chi connectivity index (χ3v) is 3.78. The van der Waals surface area contributed by atoms with Crippen LogP contribution in [0.2, 0.25) is 0 Å². The molecule has 0 bridgehead atoms. The molecule has 108 valence electrons. The fourth-order valence-electron chi connectivity index (χ4n) is 2.41. The number of benzene rings is 2. The number of phenolic OH excluding ortho intramolecular Hbond substituents is 1. The summed E-state index contributed by atoms with van der Waals surface area (Å²) in [5, 5.41) is 12.3. The normalized spacial score (nSPS) is 16.9. The van der Waals surface area contributed by atoms with Crippen LogP contribution in [0.1, 0.15) is 16.7 Å². The van der Waals surface area contributed by atoms with Crippen molar-refractivity contribution in [2.75, 3.05) is 5.32 Å². The number of ether oxygens (including phenoxy) is 1. The van der Waals surface area contributed by atoms with Gasteiger partial charge >= 0.3 is 0 Å². The fraction of sp³-hybridized carbons (Fsp3) is 0.235.